The number of urea groups is 1. The first kappa shape index (κ1) is 17.8. The second kappa shape index (κ2) is 7.64. The van der Waals surface area contributed by atoms with Crippen molar-refractivity contribution in [1.29, 1.82) is 0 Å². The monoisotopic (exact) mass is 299 g/mol. The molecule has 0 heterocycles. The third kappa shape index (κ3) is 5.19. The molecule has 0 spiro atoms. The highest BCUT2D eigenvalue weighted by Crippen LogP contribution is 2.32. The van der Waals surface area contributed by atoms with E-state index in [-0.39, 0.29) is 6.03 Å². The molecule has 1 fully saturated rings. The number of nitrogens with one attached hydrogen (secondary N) is 1. The van der Waals surface area contributed by atoms with E-state index in [1.54, 1.807) is 11.9 Å². The number of amides is 2. The summed E-state index contributed by atoms with van der Waals surface area (Å²) in [6.07, 6.45) is 3.78. The lowest BCUT2D eigenvalue weighted by atomic mass is 9.76. The topological polar surface area (TPSA) is 72.9 Å². The van der Waals surface area contributed by atoms with Crippen molar-refractivity contribution in [2.75, 3.05) is 34.2 Å². The fourth-order valence-electron chi connectivity index (χ4n) is 2.94. The SMILES string of the molecule is CC1CCCC(NC(=O)N(C)CCCN(C)C)(C(=O)O)C1. The van der Waals surface area contributed by atoms with Gasteiger partial charge in [0.2, 0.25) is 0 Å². The van der Waals surface area contributed by atoms with E-state index in [4.69, 9.17) is 0 Å². The van der Waals surface area contributed by atoms with Crippen LogP contribution in [0.2, 0.25) is 0 Å². The Hall–Kier alpha value is -1.30. The first-order chi connectivity index (χ1) is 9.77. The lowest BCUT2D eigenvalue weighted by Gasteiger charge is -2.38. The Labute approximate surface area is 127 Å². The molecule has 0 aromatic heterocycles. The molecule has 122 valence electrons. The molecule has 6 nitrogen and oxygen atoms in total. The number of hydrogen-bond donors (Lipinski definition) is 2. The Kier molecular flexibility index (Phi) is 6.45. The number of nitrogens with zero attached hydrogens (tertiary/aromatic N) is 2. The molecule has 1 aliphatic rings. The van der Waals surface area contributed by atoms with Gasteiger partial charge in [-0.25, -0.2) is 9.59 Å². The van der Waals surface area contributed by atoms with Crippen LogP contribution in [-0.2, 0) is 4.79 Å². The number of carbonyl (C=O) groups is 2. The number of carbonyl (C=O) groups excluding carboxylic acids is 1. The molecule has 0 bridgehead atoms. The minimum atomic E-state index is -1.09. The fourth-order valence-corrected chi connectivity index (χ4v) is 2.94. The van der Waals surface area contributed by atoms with Crippen molar-refractivity contribution in [3.05, 3.63) is 0 Å². The van der Waals surface area contributed by atoms with E-state index in [0.717, 1.165) is 25.8 Å². The highest BCUT2D eigenvalue weighted by Gasteiger charge is 2.43. The molecule has 1 aliphatic carbocycles. The van der Waals surface area contributed by atoms with E-state index in [1.807, 2.05) is 21.0 Å². The average Bonchev–Trinajstić information content (AvgIpc) is 2.37. The molecule has 2 N–H and O–H groups in total. The molecule has 0 radical (unpaired) electrons. The van der Waals surface area contributed by atoms with Crippen LogP contribution < -0.4 is 5.32 Å². The van der Waals surface area contributed by atoms with Crippen molar-refractivity contribution in [3.8, 4) is 0 Å². The maximum atomic E-state index is 12.2. The van der Waals surface area contributed by atoms with E-state index in [0.29, 0.717) is 25.3 Å². The van der Waals surface area contributed by atoms with Gasteiger partial charge in [0.1, 0.15) is 5.54 Å². The summed E-state index contributed by atoms with van der Waals surface area (Å²) in [5.41, 5.74) is -1.09. The van der Waals surface area contributed by atoms with Crippen LogP contribution >= 0.6 is 0 Å². The zero-order chi connectivity index (χ0) is 16.0. The molecule has 1 saturated carbocycles. The number of carboxylic acids is 1. The van der Waals surface area contributed by atoms with Gasteiger partial charge in [-0.2, -0.15) is 0 Å². The summed E-state index contributed by atoms with van der Waals surface area (Å²) in [6.45, 7) is 3.57. The first-order valence-corrected chi connectivity index (χ1v) is 7.68. The van der Waals surface area contributed by atoms with Gasteiger partial charge in [0.05, 0.1) is 0 Å². The Morgan fingerprint density at radius 1 is 1.29 bits per heavy atom. The minimum Gasteiger partial charge on any atom is -0.480 e. The molecule has 2 unspecified atom stereocenters. The molecular weight excluding hydrogens is 270 g/mol. The Bertz CT molecular complexity index is 373. The van der Waals surface area contributed by atoms with Crippen LogP contribution in [-0.4, -0.2) is 66.7 Å². The highest BCUT2D eigenvalue weighted by molar-refractivity contribution is 5.86. The summed E-state index contributed by atoms with van der Waals surface area (Å²) >= 11 is 0. The molecule has 2 atom stereocenters. The number of carboxylic acid groups (broad SMARTS) is 1. The lowest BCUT2D eigenvalue weighted by molar-refractivity contribution is -0.146. The van der Waals surface area contributed by atoms with Crippen molar-refractivity contribution in [3.63, 3.8) is 0 Å². The molecule has 0 aromatic rings. The van der Waals surface area contributed by atoms with Gasteiger partial charge in [-0.3, -0.25) is 0 Å². The molecule has 0 aromatic carbocycles. The first-order valence-electron chi connectivity index (χ1n) is 7.68. The van der Waals surface area contributed by atoms with Crippen molar-refractivity contribution in [1.82, 2.24) is 15.1 Å². The van der Waals surface area contributed by atoms with E-state index in [1.165, 1.54) is 0 Å². The van der Waals surface area contributed by atoms with Gasteiger partial charge in [0.15, 0.2) is 0 Å². The maximum Gasteiger partial charge on any atom is 0.329 e. The quantitative estimate of drug-likeness (QED) is 0.781. The summed E-state index contributed by atoms with van der Waals surface area (Å²) < 4.78 is 0. The predicted molar refractivity (Wildman–Crippen MR) is 82.3 cm³/mol. The van der Waals surface area contributed by atoms with Crippen LogP contribution in [0.3, 0.4) is 0 Å². The number of hydrogen-bond acceptors (Lipinski definition) is 3. The molecule has 2 amide bonds. The smallest absolute Gasteiger partial charge is 0.329 e. The summed E-state index contributed by atoms with van der Waals surface area (Å²) in [4.78, 5) is 27.5. The van der Waals surface area contributed by atoms with Gasteiger partial charge in [0.25, 0.3) is 0 Å². The van der Waals surface area contributed by atoms with Gasteiger partial charge < -0.3 is 20.2 Å². The summed E-state index contributed by atoms with van der Waals surface area (Å²) in [5.74, 6) is -0.585. The van der Waals surface area contributed by atoms with Crippen LogP contribution in [0.4, 0.5) is 4.79 Å². The van der Waals surface area contributed by atoms with Gasteiger partial charge in [-0.05, 0) is 45.8 Å². The van der Waals surface area contributed by atoms with Crippen LogP contribution in [0, 0.1) is 5.92 Å². The van der Waals surface area contributed by atoms with Crippen molar-refractivity contribution < 1.29 is 14.7 Å². The van der Waals surface area contributed by atoms with E-state index >= 15 is 0 Å². The maximum absolute atomic E-state index is 12.2. The predicted octanol–water partition coefficient (Wildman–Crippen LogP) is 1.61. The normalized spacial score (nSPS) is 25.7. The minimum absolute atomic E-state index is 0.287. The molecule has 21 heavy (non-hydrogen) atoms. The van der Waals surface area contributed by atoms with Gasteiger partial charge in [-0.1, -0.05) is 19.8 Å². The second-order valence-electron chi connectivity index (χ2n) is 6.60. The van der Waals surface area contributed by atoms with E-state index in [2.05, 4.69) is 10.2 Å². The molecule has 1 rings (SSSR count). The number of aliphatic carboxylic acids is 1. The third-order valence-corrected chi connectivity index (χ3v) is 4.20. The number of rotatable bonds is 6. The van der Waals surface area contributed by atoms with Crippen LogP contribution in [0.25, 0.3) is 0 Å². The molecule has 0 aliphatic heterocycles. The van der Waals surface area contributed by atoms with Crippen LogP contribution in [0.15, 0.2) is 0 Å². The summed E-state index contributed by atoms with van der Waals surface area (Å²) in [7, 11) is 5.69. The fraction of sp³-hybridized carbons (Fsp3) is 0.867. The molecule has 6 heteroatoms. The zero-order valence-corrected chi connectivity index (χ0v) is 13.7. The average molecular weight is 299 g/mol. The van der Waals surface area contributed by atoms with Crippen molar-refractivity contribution in [2.24, 2.45) is 5.92 Å². The van der Waals surface area contributed by atoms with Crippen molar-refractivity contribution >= 4 is 12.0 Å². The van der Waals surface area contributed by atoms with Gasteiger partial charge in [0, 0.05) is 13.6 Å². The van der Waals surface area contributed by atoms with Crippen LogP contribution in [0.1, 0.15) is 39.0 Å². The van der Waals surface area contributed by atoms with Crippen molar-refractivity contribution in [2.45, 2.75) is 44.6 Å². The van der Waals surface area contributed by atoms with Gasteiger partial charge in [-0.15, -0.1) is 0 Å². The molecule has 0 saturated heterocycles. The van der Waals surface area contributed by atoms with Crippen LogP contribution in [0.5, 0.6) is 0 Å². The largest absolute Gasteiger partial charge is 0.480 e. The lowest BCUT2D eigenvalue weighted by Crippen LogP contribution is -2.59. The Balaban J connectivity index is 2.58. The summed E-state index contributed by atoms with van der Waals surface area (Å²) in [6, 6.07) is -0.287. The zero-order valence-electron chi connectivity index (χ0n) is 13.7. The Morgan fingerprint density at radius 2 is 1.95 bits per heavy atom. The second-order valence-corrected chi connectivity index (χ2v) is 6.60. The van der Waals surface area contributed by atoms with E-state index in [9.17, 15) is 14.7 Å². The Morgan fingerprint density at radius 3 is 2.48 bits per heavy atom. The summed E-state index contributed by atoms with van der Waals surface area (Å²) in [5, 5.41) is 12.3. The standard InChI is InChI=1S/C15H29N3O3/c1-12-7-5-8-15(11-12,13(19)20)16-14(21)18(4)10-6-9-17(2)3/h12H,5-11H2,1-4H3,(H,16,21)(H,19,20). The third-order valence-electron chi connectivity index (χ3n) is 4.20. The highest BCUT2D eigenvalue weighted by atomic mass is 16.4. The molecular formula is C15H29N3O3. The van der Waals surface area contributed by atoms with E-state index < -0.39 is 11.5 Å². The van der Waals surface area contributed by atoms with Gasteiger partial charge >= 0.3 is 12.0 Å².